The zero-order valence-electron chi connectivity index (χ0n) is 11.1. The first-order valence-corrected chi connectivity index (χ1v) is 6.41. The molecular formula is C14H15ClN2O2. The predicted octanol–water partition coefficient (Wildman–Crippen LogP) is 3.40. The fraction of sp³-hybridized carbons (Fsp3) is 0.286. The Bertz CT molecular complexity index is 647. The molecule has 1 N–H and O–H groups in total. The molecule has 4 nitrogen and oxygen atoms in total. The molecule has 100 valence electrons. The quantitative estimate of drug-likeness (QED) is 0.936. The van der Waals surface area contributed by atoms with Crippen molar-refractivity contribution >= 4 is 17.6 Å². The van der Waals surface area contributed by atoms with Gasteiger partial charge in [0, 0.05) is 0 Å². The fourth-order valence-corrected chi connectivity index (χ4v) is 2.32. The molecule has 0 spiro atoms. The highest BCUT2D eigenvalue weighted by Crippen LogP contribution is 2.26. The van der Waals surface area contributed by atoms with Crippen LogP contribution in [0.3, 0.4) is 0 Å². The third-order valence-corrected chi connectivity index (χ3v) is 3.39. The van der Waals surface area contributed by atoms with Gasteiger partial charge in [0.05, 0.1) is 11.4 Å². The van der Waals surface area contributed by atoms with Gasteiger partial charge in [0.15, 0.2) is 0 Å². The van der Waals surface area contributed by atoms with Crippen LogP contribution in [0.2, 0.25) is 5.15 Å². The molecular weight excluding hydrogens is 264 g/mol. The highest BCUT2D eigenvalue weighted by Gasteiger charge is 2.22. The van der Waals surface area contributed by atoms with Crippen LogP contribution in [0.15, 0.2) is 18.2 Å². The van der Waals surface area contributed by atoms with Gasteiger partial charge in [-0.1, -0.05) is 30.7 Å². The van der Waals surface area contributed by atoms with Crippen LogP contribution in [0.4, 0.5) is 0 Å². The minimum atomic E-state index is -1.04. The molecule has 1 aromatic carbocycles. The van der Waals surface area contributed by atoms with E-state index in [0.717, 1.165) is 16.8 Å². The average molecular weight is 279 g/mol. The summed E-state index contributed by atoms with van der Waals surface area (Å²) in [6, 6.07) is 5.91. The molecule has 0 bridgehead atoms. The zero-order chi connectivity index (χ0) is 14.2. The first-order chi connectivity index (χ1) is 8.95. The number of carboxylic acid groups (broad SMARTS) is 1. The summed E-state index contributed by atoms with van der Waals surface area (Å²) in [5.41, 5.74) is 3.47. The summed E-state index contributed by atoms with van der Waals surface area (Å²) in [6.07, 6.45) is 0.527. The van der Waals surface area contributed by atoms with Crippen molar-refractivity contribution < 1.29 is 9.90 Å². The SMILES string of the molecule is CCc1nn(-c2cc(C)ccc2C)c(Cl)c1C(=O)O. The van der Waals surface area contributed by atoms with Crippen molar-refractivity contribution in [1.29, 1.82) is 0 Å². The maximum atomic E-state index is 11.3. The van der Waals surface area contributed by atoms with Crippen LogP contribution < -0.4 is 0 Å². The van der Waals surface area contributed by atoms with Gasteiger partial charge in [0.1, 0.15) is 10.7 Å². The van der Waals surface area contributed by atoms with Gasteiger partial charge in [0.25, 0.3) is 0 Å². The van der Waals surface area contributed by atoms with Gasteiger partial charge in [-0.15, -0.1) is 0 Å². The molecule has 2 aromatic rings. The van der Waals surface area contributed by atoms with Crippen LogP contribution in [0, 0.1) is 13.8 Å². The second kappa shape index (κ2) is 5.05. The van der Waals surface area contributed by atoms with E-state index in [1.807, 2.05) is 39.0 Å². The minimum absolute atomic E-state index is 0.0880. The number of hydrogen-bond donors (Lipinski definition) is 1. The number of aromatic carboxylic acids is 1. The number of carboxylic acids is 1. The van der Waals surface area contributed by atoms with Crippen molar-refractivity contribution in [2.24, 2.45) is 0 Å². The van der Waals surface area contributed by atoms with Crippen LogP contribution in [0.1, 0.15) is 34.1 Å². The molecule has 0 aliphatic heterocycles. The van der Waals surface area contributed by atoms with Crippen molar-refractivity contribution in [1.82, 2.24) is 9.78 Å². The van der Waals surface area contributed by atoms with E-state index in [0.29, 0.717) is 12.1 Å². The number of halogens is 1. The minimum Gasteiger partial charge on any atom is -0.478 e. The largest absolute Gasteiger partial charge is 0.478 e. The number of benzene rings is 1. The summed E-state index contributed by atoms with van der Waals surface area (Å²) in [5.74, 6) is -1.04. The summed E-state index contributed by atoms with van der Waals surface area (Å²) in [4.78, 5) is 11.3. The highest BCUT2D eigenvalue weighted by molar-refractivity contribution is 6.33. The van der Waals surface area contributed by atoms with Gasteiger partial charge in [-0.2, -0.15) is 5.10 Å². The first-order valence-electron chi connectivity index (χ1n) is 6.04. The Morgan fingerprint density at radius 1 is 1.42 bits per heavy atom. The second-order valence-corrected chi connectivity index (χ2v) is 4.83. The third kappa shape index (κ3) is 2.36. The van der Waals surface area contributed by atoms with Crippen LogP contribution >= 0.6 is 11.6 Å². The molecule has 0 aliphatic rings. The Hall–Kier alpha value is -1.81. The van der Waals surface area contributed by atoms with E-state index in [-0.39, 0.29) is 10.7 Å². The van der Waals surface area contributed by atoms with Crippen molar-refractivity contribution in [2.75, 3.05) is 0 Å². The highest BCUT2D eigenvalue weighted by atomic mass is 35.5. The summed E-state index contributed by atoms with van der Waals surface area (Å²) in [5, 5.41) is 13.7. The first kappa shape index (κ1) is 13.6. The van der Waals surface area contributed by atoms with Crippen molar-refractivity contribution in [3.05, 3.63) is 45.7 Å². The zero-order valence-corrected chi connectivity index (χ0v) is 11.8. The van der Waals surface area contributed by atoms with E-state index in [1.165, 1.54) is 4.68 Å². The lowest BCUT2D eigenvalue weighted by atomic mass is 10.1. The van der Waals surface area contributed by atoms with E-state index in [2.05, 4.69) is 5.10 Å². The molecule has 0 aliphatic carbocycles. The Labute approximate surface area is 116 Å². The van der Waals surface area contributed by atoms with Crippen LogP contribution in [0.25, 0.3) is 5.69 Å². The van der Waals surface area contributed by atoms with Crippen molar-refractivity contribution in [2.45, 2.75) is 27.2 Å². The molecule has 5 heteroatoms. The molecule has 1 heterocycles. The topological polar surface area (TPSA) is 55.1 Å². The number of aromatic nitrogens is 2. The number of hydrogen-bond acceptors (Lipinski definition) is 2. The van der Waals surface area contributed by atoms with Crippen LogP contribution in [-0.2, 0) is 6.42 Å². The third-order valence-electron chi connectivity index (χ3n) is 3.04. The lowest BCUT2D eigenvalue weighted by Crippen LogP contribution is -2.01. The molecule has 0 radical (unpaired) electrons. The predicted molar refractivity (Wildman–Crippen MR) is 74.4 cm³/mol. The standard InChI is InChI=1S/C14H15ClN2O2/c1-4-10-12(14(18)19)13(15)17(16-10)11-7-8(2)5-6-9(11)3/h5-7H,4H2,1-3H3,(H,18,19). The number of carbonyl (C=O) groups is 1. The monoisotopic (exact) mass is 278 g/mol. The normalized spacial score (nSPS) is 10.7. The van der Waals surface area contributed by atoms with Gasteiger partial charge in [-0.25, -0.2) is 9.48 Å². The van der Waals surface area contributed by atoms with Gasteiger partial charge in [-0.05, 0) is 37.5 Å². The summed E-state index contributed by atoms with van der Waals surface area (Å²) >= 11 is 6.18. The lowest BCUT2D eigenvalue weighted by molar-refractivity contribution is 0.0696. The Morgan fingerprint density at radius 2 is 2.11 bits per heavy atom. The second-order valence-electron chi connectivity index (χ2n) is 4.47. The van der Waals surface area contributed by atoms with E-state index in [9.17, 15) is 9.90 Å². The van der Waals surface area contributed by atoms with Gasteiger partial charge in [-0.3, -0.25) is 0 Å². The smallest absolute Gasteiger partial charge is 0.340 e. The Kier molecular flexibility index (Phi) is 3.62. The van der Waals surface area contributed by atoms with Crippen molar-refractivity contribution in [3.8, 4) is 5.69 Å². The average Bonchev–Trinajstić information content (AvgIpc) is 2.69. The van der Waals surface area contributed by atoms with Gasteiger partial charge in [0.2, 0.25) is 0 Å². The Balaban J connectivity index is 2.70. The molecule has 0 atom stereocenters. The molecule has 2 rings (SSSR count). The van der Waals surface area contributed by atoms with Crippen LogP contribution in [0.5, 0.6) is 0 Å². The van der Waals surface area contributed by atoms with E-state index in [1.54, 1.807) is 0 Å². The molecule has 0 fully saturated rings. The molecule has 0 unspecified atom stereocenters. The molecule has 19 heavy (non-hydrogen) atoms. The molecule has 0 saturated heterocycles. The van der Waals surface area contributed by atoms with Gasteiger partial charge < -0.3 is 5.11 Å². The molecule has 0 saturated carbocycles. The molecule has 0 amide bonds. The number of aryl methyl sites for hydroxylation is 3. The summed E-state index contributed by atoms with van der Waals surface area (Å²) in [7, 11) is 0. The molecule has 1 aromatic heterocycles. The van der Waals surface area contributed by atoms with Crippen LogP contribution in [-0.4, -0.2) is 20.9 Å². The van der Waals surface area contributed by atoms with E-state index in [4.69, 9.17) is 11.6 Å². The number of nitrogens with zero attached hydrogens (tertiary/aromatic N) is 2. The van der Waals surface area contributed by atoms with Gasteiger partial charge >= 0.3 is 5.97 Å². The maximum Gasteiger partial charge on any atom is 0.340 e. The number of rotatable bonds is 3. The maximum absolute atomic E-state index is 11.3. The fourth-order valence-electron chi connectivity index (χ4n) is 2.01. The Morgan fingerprint density at radius 3 is 2.63 bits per heavy atom. The lowest BCUT2D eigenvalue weighted by Gasteiger charge is -2.08. The van der Waals surface area contributed by atoms with E-state index >= 15 is 0 Å². The van der Waals surface area contributed by atoms with E-state index < -0.39 is 5.97 Å². The summed E-state index contributed by atoms with van der Waals surface area (Å²) < 4.78 is 1.51. The van der Waals surface area contributed by atoms with Crippen molar-refractivity contribution in [3.63, 3.8) is 0 Å². The summed E-state index contributed by atoms with van der Waals surface area (Å²) in [6.45, 7) is 5.77.